The van der Waals surface area contributed by atoms with Crippen molar-refractivity contribution in [3.8, 4) is 5.69 Å². The highest BCUT2D eigenvalue weighted by atomic mass is 127. The minimum atomic E-state index is 0. The van der Waals surface area contributed by atoms with Crippen LogP contribution in [0.15, 0.2) is 47.7 Å². The quantitative estimate of drug-likeness (QED) is 0.233. The van der Waals surface area contributed by atoms with Crippen molar-refractivity contribution in [2.24, 2.45) is 10.9 Å². The van der Waals surface area contributed by atoms with Gasteiger partial charge in [-0.25, -0.2) is 4.68 Å². The Balaban J connectivity index is 0.00000300. The fourth-order valence-corrected chi connectivity index (χ4v) is 3.19. The number of hydrogen-bond donors (Lipinski definition) is 2. The maximum atomic E-state index is 5.74. The van der Waals surface area contributed by atoms with E-state index in [1.807, 2.05) is 29.1 Å². The second kappa shape index (κ2) is 12.8. The number of guanidine groups is 1. The third kappa shape index (κ3) is 7.60. The fraction of sp³-hybridized carbons (Fsp3) is 0.524. The number of nitrogens with zero attached hydrogens (tertiary/aromatic N) is 3. The van der Waals surface area contributed by atoms with Crippen LogP contribution >= 0.6 is 24.0 Å². The number of hydrogen-bond acceptors (Lipinski definition) is 4. The lowest BCUT2D eigenvalue weighted by atomic mass is 10.1. The van der Waals surface area contributed by atoms with Crippen LogP contribution in [0.1, 0.15) is 31.4 Å². The lowest BCUT2D eigenvalue weighted by molar-refractivity contribution is 0.0888. The van der Waals surface area contributed by atoms with Crippen molar-refractivity contribution in [2.45, 2.75) is 25.8 Å². The monoisotopic (exact) mass is 513 g/mol. The fourth-order valence-electron chi connectivity index (χ4n) is 3.19. The van der Waals surface area contributed by atoms with Crippen LogP contribution in [0.5, 0.6) is 0 Å². The number of nitrogens with one attached hydrogen (secondary N) is 2. The molecule has 7 nitrogen and oxygen atoms in total. The molecule has 29 heavy (non-hydrogen) atoms. The van der Waals surface area contributed by atoms with Gasteiger partial charge in [0.05, 0.1) is 24.9 Å². The van der Waals surface area contributed by atoms with E-state index in [1.165, 1.54) is 5.56 Å². The average Bonchev–Trinajstić information content (AvgIpc) is 3.44. The lowest BCUT2D eigenvalue weighted by Gasteiger charge is -2.19. The summed E-state index contributed by atoms with van der Waals surface area (Å²) in [5, 5.41) is 11.1. The molecule has 1 aromatic heterocycles. The van der Waals surface area contributed by atoms with Crippen LogP contribution in [0.2, 0.25) is 0 Å². The summed E-state index contributed by atoms with van der Waals surface area (Å²) >= 11 is 0. The Morgan fingerprint density at radius 2 is 2.31 bits per heavy atom. The number of rotatable bonds is 9. The van der Waals surface area contributed by atoms with Gasteiger partial charge < -0.3 is 20.1 Å². The molecule has 1 saturated heterocycles. The minimum absolute atomic E-state index is 0. The summed E-state index contributed by atoms with van der Waals surface area (Å²) in [7, 11) is 1.79. The second-order valence-corrected chi connectivity index (χ2v) is 7.07. The van der Waals surface area contributed by atoms with Gasteiger partial charge in [0.25, 0.3) is 0 Å². The number of halogens is 1. The van der Waals surface area contributed by atoms with Gasteiger partial charge in [0.1, 0.15) is 0 Å². The van der Waals surface area contributed by atoms with E-state index in [1.54, 1.807) is 13.2 Å². The van der Waals surface area contributed by atoms with E-state index >= 15 is 0 Å². The Morgan fingerprint density at radius 1 is 1.41 bits per heavy atom. The molecule has 2 heterocycles. The Hall–Kier alpha value is -1.65. The number of ether oxygens (including phenoxy) is 2. The van der Waals surface area contributed by atoms with Crippen LogP contribution in [-0.2, 0) is 9.47 Å². The Labute approximate surface area is 190 Å². The van der Waals surface area contributed by atoms with E-state index in [9.17, 15) is 0 Å². The molecule has 1 aliphatic rings. The molecule has 0 bridgehead atoms. The first-order valence-corrected chi connectivity index (χ1v) is 9.99. The third-order valence-electron chi connectivity index (χ3n) is 4.85. The van der Waals surface area contributed by atoms with Gasteiger partial charge in [-0.1, -0.05) is 12.1 Å². The van der Waals surface area contributed by atoms with E-state index in [2.05, 4.69) is 39.8 Å². The molecule has 3 rings (SSSR count). The lowest BCUT2D eigenvalue weighted by Crippen LogP contribution is -2.39. The molecule has 0 amide bonds. The molecular weight excluding hydrogens is 481 g/mol. The van der Waals surface area contributed by atoms with Crippen LogP contribution in [-0.4, -0.2) is 55.8 Å². The normalized spacial score (nSPS) is 17.6. The molecule has 2 unspecified atom stereocenters. The van der Waals surface area contributed by atoms with E-state index in [-0.39, 0.29) is 30.0 Å². The van der Waals surface area contributed by atoms with Crippen LogP contribution in [0.3, 0.4) is 0 Å². The van der Waals surface area contributed by atoms with Gasteiger partial charge in [0.2, 0.25) is 0 Å². The first kappa shape index (κ1) is 23.6. The first-order valence-electron chi connectivity index (χ1n) is 9.99. The smallest absolute Gasteiger partial charge is 0.191 e. The molecule has 2 N–H and O–H groups in total. The highest BCUT2D eigenvalue weighted by molar-refractivity contribution is 14.0. The Bertz CT molecular complexity index is 732. The predicted molar refractivity (Wildman–Crippen MR) is 126 cm³/mol. The van der Waals surface area contributed by atoms with Crippen molar-refractivity contribution in [3.05, 3.63) is 48.3 Å². The van der Waals surface area contributed by atoms with E-state index < -0.39 is 0 Å². The Morgan fingerprint density at radius 3 is 3.03 bits per heavy atom. The largest absolute Gasteiger partial charge is 0.381 e. The number of benzene rings is 1. The highest BCUT2D eigenvalue weighted by Gasteiger charge is 2.15. The zero-order chi connectivity index (χ0) is 19.6. The summed E-state index contributed by atoms with van der Waals surface area (Å²) in [4.78, 5) is 4.33. The van der Waals surface area contributed by atoms with Crippen LogP contribution < -0.4 is 10.6 Å². The van der Waals surface area contributed by atoms with Crippen molar-refractivity contribution in [3.63, 3.8) is 0 Å². The Kier molecular flexibility index (Phi) is 10.4. The molecular formula is C21H32IN5O2. The zero-order valence-corrected chi connectivity index (χ0v) is 19.5. The molecule has 1 fully saturated rings. The summed E-state index contributed by atoms with van der Waals surface area (Å²) in [6, 6.07) is 10.4. The molecule has 1 aromatic carbocycles. The summed E-state index contributed by atoms with van der Waals surface area (Å²) in [5.74, 6) is 1.36. The SMILES string of the molecule is CN=C(NCCCOCC1CCOC1)NC(C)c1cccc(-n2cccn2)c1.I. The van der Waals surface area contributed by atoms with Crippen molar-refractivity contribution in [1.29, 1.82) is 0 Å². The predicted octanol–water partition coefficient (Wildman–Crippen LogP) is 3.16. The van der Waals surface area contributed by atoms with E-state index in [0.717, 1.165) is 57.5 Å². The summed E-state index contributed by atoms with van der Waals surface area (Å²) in [6.45, 7) is 6.22. The molecule has 1 aliphatic heterocycles. The molecule has 2 atom stereocenters. The maximum absolute atomic E-state index is 5.74. The van der Waals surface area contributed by atoms with Gasteiger partial charge in [-0.05, 0) is 43.5 Å². The third-order valence-corrected chi connectivity index (χ3v) is 4.85. The van der Waals surface area contributed by atoms with Gasteiger partial charge in [0, 0.05) is 45.1 Å². The number of aliphatic imine (C=N–C) groups is 1. The molecule has 160 valence electrons. The van der Waals surface area contributed by atoms with Crippen molar-refractivity contribution < 1.29 is 9.47 Å². The average molecular weight is 513 g/mol. The standard InChI is InChI=1S/C21H31N5O2.HI/c1-17(19-6-3-7-20(14-19)26-11-4-10-24-26)25-21(22-2)23-9-5-12-27-15-18-8-13-28-16-18;/h3-4,6-7,10-11,14,17-18H,5,8-9,12-13,15-16H2,1-2H3,(H2,22,23,25);1H. The van der Waals surface area contributed by atoms with Crippen LogP contribution in [0.4, 0.5) is 0 Å². The highest BCUT2D eigenvalue weighted by Crippen LogP contribution is 2.16. The maximum Gasteiger partial charge on any atom is 0.191 e. The summed E-state index contributed by atoms with van der Waals surface area (Å²) in [5.41, 5.74) is 2.22. The minimum Gasteiger partial charge on any atom is -0.381 e. The van der Waals surface area contributed by atoms with Crippen LogP contribution in [0, 0.1) is 5.92 Å². The summed E-state index contributed by atoms with van der Waals surface area (Å²) < 4.78 is 13.0. The molecule has 8 heteroatoms. The second-order valence-electron chi connectivity index (χ2n) is 7.07. The van der Waals surface area contributed by atoms with Gasteiger partial charge >= 0.3 is 0 Å². The van der Waals surface area contributed by atoms with Crippen molar-refractivity contribution in [1.82, 2.24) is 20.4 Å². The van der Waals surface area contributed by atoms with Gasteiger partial charge in [-0.3, -0.25) is 4.99 Å². The van der Waals surface area contributed by atoms with Crippen molar-refractivity contribution in [2.75, 3.05) is 40.0 Å². The topological polar surface area (TPSA) is 72.7 Å². The number of aromatic nitrogens is 2. The van der Waals surface area contributed by atoms with E-state index in [4.69, 9.17) is 9.47 Å². The van der Waals surface area contributed by atoms with Crippen LogP contribution in [0.25, 0.3) is 5.69 Å². The van der Waals surface area contributed by atoms with Gasteiger partial charge in [-0.2, -0.15) is 5.10 Å². The van der Waals surface area contributed by atoms with Crippen molar-refractivity contribution >= 4 is 29.9 Å². The molecule has 0 spiro atoms. The zero-order valence-electron chi connectivity index (χ0n) is 17.2. The first-order chi connectivity index (χ1) is 13.8. The molecule has 2 aromatic rings. The molecule has 0 saturated carbocycles. The molecule has 0 aliphatic carbocycles. The molecule has 0 radical (unpaired) electrons. The van der Waals surface area contributed by atoms with Gasteiger partial charge in [0.15, 0.2) is 5.96 Å². The van der Waals surface area contributed by atoms with E-state index in [0.29, 0.717) is 5.92 Å². The summed E-state index contributed by atoms with van der Waals surface area (Å²) in [6.07, 6.45) is 5.79. The van der Waals surface area contributed by atoms with Gasteiger partial charge in [-0.15, -0.1) is 24.0 Å².